The molecule has 5 aromatic rings. The third kappa shape index (κ3) is 5.58. The second kappa shape index (κ2) is 11.5. The number of ether oxygens (including phenoxy) is 1. The van der Waals surface area contributed by atoms with Gasteiger partial charge in [0.15, 0.2) is 0 Å². The van der Waals surface area contributed by atoms with E-state index < -0.39 is 0 Å². The molecule has 206 valence electrons. The number of benzene rings is 2. The number of rotatable bonds is 8. The first-order valence-electron chi connectivity index (χ1n) is 13.5. The van der Waals surface area contributed by atoms with Crippen molar-refractivity contribution in [1.82, 2.24) is 24.6 Å². The van der Waals surface area contributed by atoms with Gasteiger partial charge in [-0.15, -0.1) is 0 Å². The van der Waals surface area contributed by atoms with Crippen molar-refractivity contribution in [2.75, 3.05) is 30.7 Å². The Hall–Kier alpha value is -5.25. The molecule has 1 aliphatic rings. The number of nitrogens with one attached hydrogen (secondary N) is 1. The van der Waals surface area contributed by atoms with Gasteiger partial charge in [-0.2, -0.15) is 5.10 Å². The molecule has 3 N–H and O–H groups in total. The van der Waals surface area contributed by atoms with Gasteiger partial charge in [-0.25, -0.2) is 14.2 Å². The van der Waals surface area contributed by atoms with Gasteiger partial charge in [-0.3, -0.25) is 4.79 Å². The lowest BCUT2D eigenvalue weighted by Gasteiger charge is -2.14. The van der Waals surface area contributed by atoms with Crippen LogP contribution in [0.25, 0.3) is 22.3 Å². The monoisotopic (exact) mass is 547 g/mol. The van der Waals surface area contributed by atoms with E-state index in [-0.39, 0.29) is 11.9 Å². The number of aryl methyl sites for hydroxylation is 1. The summed E-state index contributed by atoms with van der Waals surface area (Å²) in [6, 6.07) is 23.1. The molecule has 1 aliphatic heterocycles. The Labute approximate surface area is 237 Å². The summed E-state index contributed by atoms with van der Waals surface area (Å²) in [4.78, 5) is 23.7. The van der Waals surface area contributed by atoms with E-state index in [2.05, 4.69) is 10.3 Å². The van der Waals surface area contributed by atoms with Crippen molar-refractivity contribution in [3.05, 3.63) is 97.5 Å². The van der Waals surface area contributed by atoms with Crippen molar-refractivity contribution in [2.45, 2.75) is 12.5 Å². The fraction of sp³-hybridized carbons (Fsp3) is 0.194. The van der Waals surface area contributed by atoms with Crippen molar-refractivity contribution in [2.24, 2.45) is 7.05 Å². The van der Waals surface area contributed by atoms with Crippen LogP contribution >= 0.6 is 0 Å². The standard InChI is InChI=1S/C31H30N8O2/c1-37-21-35-31-28(30(37)32)29(22-12-14-25(15-13-22)41-24-8-3-2-4-9-24)36-39(31)23-16-19-38(20-23)27(40)11-7-18-34-26-10-5-6-17-33-26/h2-15,17,21,23,32H,16,18-20H2,1H3,(H,33,34)/p+1. The molecule has 3 aromatic heterocycles. The number of carbonyl (C=O) groups is 1. The SMILES string of the molecule is C[n+]1cnc2c(c(-c3ccc(Oc4ccccc4)cc3)nn2C2CCN(C(=O)C=CCNc3ccccn3)C2)c1N. The molecule has 1 fully saturated rings. The molecule has 41 heavy (non-hydrogen) atoms. The number of para-hydroxylation sites is 1. The topological polar surface area (TPSA) is 115 Å². The molecular weight excluding hydrogens is 516 g/mol. The first kappa shape index (κ1) is 26.0. The van der Waals surface area contributed by atoms with Gasteiger partial charge < -0.3 is 20.7 Å². The zero-order valence-electron chi connectivity index (χ0n) is 22.7. The minimum atomic E-state index is -0.0279. The van der Waals surface area contributed by atoms with E-state index in [1.54, 1.807) is 23.2 Å². The lowest BCUT2D eigenvalue weighted by molar-refractivity contribution is -0.658. The molecule has 1 atom stereocenters. The number of anilines is 2. The van der Waals surface area contributed by atoms with Crippen LogP contribution in [-0.2, 0) is 11.8 Å². The Balaban J connectivity index is 1.20. The van der Waals surface area contributed by atoms with Crippen molar-refractivity contribution < 1.29 is 14.1 Å². The number of fused-ring (bicyclic) bond motifs is 1. The van der Waals surface area contributed by atoms with E-state index in [1.807, 2.05) is 95.5 Å². The smallest absolute Gasteiger partial charge is 0.246 e. The summed E-state index contributed by atoms with van der Waals surface area (Å²) in [5.74, 6) is 2.82. The van der Waals surface area contributed by atoms with Crippen molar-refractivity contribution >= 4 is 28.6 Å². The molecule has 0 radical (unpaired) electrons. The highest BCUT2D eigenvalue weighted by atomic mass is 16.5. The van der Waals surface area contributed by atoms with Crippen LogP contribution in [0.3, 0.4) is 0 Å². The van der Waals surface area contributed by atoms with E-state index >= 15 is 0 Å². The summed E-state index contributed by atoms with van der Waals surface area (Å²) >= 11 is 0. The van der Waals surface area contributed by atoms with E-state index in [4.69, 9.17) is 20.6 Å². The number of carbonyl (C=O) groups excluding carboxylic acids is 1. The van der Waals surface area contributed by atoms with Gasteiger partial charge in [0, 0.05) is 37.5 Å². The normalized spacial score (nSPS) is 15.0. The maximum Gasteiger partial charge on any atom is 0.246 e. The summed E-state index contributed by atoms with van der Waals surface area (Å²) in [5, 5.41) is 8.97. The number of nitrogen functional groups attached to an aromatic ring is 1. The molecule has 0 spiro atoms. The number of amides is 1. The van der Waals surface area contributed by atoms with E-state index in [9.17, 15) is 4.79 Å². The lowest BCUT2D eigenvalue weighted by atomic mass is 10.1. The quantitative estimate of drug-likeness (QED) is 0.222. The van der Waals surface area contributed by atoms with Crippen LogP contribution in [0.5, 0.6) is 11.5 Å². The van der Waals surface area contributed by atoms with E-state index in [0.717, 1.165) is 40.4 Å². The van der Waals surface area contributed by atoms with Crippen LogP contribution in [0.2, 0.25) is 0 Å². The Morgan fingerprint density at radius 2 is 1.85 bits per heavy atom. The molecule has 0 aliphatic carbocycles. The number of nitrogens with two attached hydrogens (primary N) is 1. The molecule has 10 heteroatoms. The number of nitrogens with zero attached hydrogens (tertiary/aromatic N) is 6. The molecule has 1 saturated heterocycles. The molecule has 1 amide bonds. The van der Waals surface area contributed by atoms with Gasteiger partial charge in [0.1, 0.15) is 28.4 Å². The van der Waals surface area contributed by atoms with Crippen LogP contribution in [0.15, 0.2) is 97.5 Å². The van der Waals surface area contributed by atoms with Crippen LogP contribution in [0, 0.1) is 0 Å². The van der Waals surface area contributed by atoms with Gasteiger partial charge in [-0.1, -0.05) is 35.3 Å². The number of hydrogen-bond acceptors (Lipinski definition) is 7. The fourth-order valence-electron chi connectivity index (χ4n) is 4.96. The molecule has 0 bridgehead atoms. The summed E-state index contributed by atoms with van der Waals surface area (Å²) in [5.41, 5.74) is 8.90. The molecule has 1 unspecified atom stereocenters. The van der Waals surface area contributed by atoms with Gasteiger partial charge in [0.2, 0.25) is 23.7 Å². The average Bonchev–Trinajstić information content (AvgIpc) is 3.65. The second-order valence-corrected chi connectivity index (χ2v) is 9.90. The van der Waals surface area contributed by atoms with Gasteiger partial charge >= 0.3 is 0 Å². The van der Waals surface area contributed by atoms with Gasteiger partial charge in [0.05, 0.1) is 13.1 Å². The Morgan fingerprint density at radius 1 is 1.07 bits per heavy atom. The summed E-state index contributed by atoms with van der Waals surface area (Å²) in [6.07, 6.45) is 7.63. The summed E-state index contributed by atoms with van der Waals surface area (Å²) in [6.45, 7) is 1.70. The Morgan fingerprint density at radius 3 is 2.63 bits per heavy atom. The summed E-state index contributed by atoms with van der Waals surface area (Å²) < 4.78 is 9.68. The van der Waals surface area contributed by atoms with Gasteiger partial charge in [-0.05, 0) is 55.0 Å². The van der Waals surface area contributed by atoms with Crippen LogP contribution in [-0.4, -0.2) is 50.2 Å². The third-order valence-corrected chi connectivity index (χ3v) is 7.13. The van der Waals surface area contributed by atoms with Gasteiger partial charge in [0.25, 0.3) is 0 Å². The largest absolute Gasteiger partial charge is 0.457 e. The van der Waals surface area contributed by atoms with Crippen molar-refractivity contribution in [1.29, 1.82) is 0 Å². The molecule has 10 nitrogen and oxygen atoms in total. The highest BCUT2D eigenvalue weighted by Gasteiger charge is 2.31. The van der Waals surface area contributed by atoms with Crippen LogP contribution in [0.1, 0.15) is 12.5 Å². The number of hydrogen-bond donors (Lipinski definition) is 2. The summed E-state index contributed by atoms with van der Waals surface area (Å²) in [7, 11) is 1.87. The maximum atomic E-state index is 12.9. The number of pyridine rings is 1. The van der Waals surface area contributed by atoms with Crippen molar-refractivity contribution in [3.8, 4) is 22.8 Å². The van der Waals surface area contributed by atoms with E-state index in [1.165, 1.54) is 0 Å². The van der Waals surface area contributed by atoms with E-state index in [0.29, 0.717) is 31.1 Å². The Bertz CT molecular complexity index is 1680. The molecule has 6 rings (SSSR count). The molecular formula is C31H31N8O2+. The number of likely N-dealkylation sites (tertiary alicyclic amines) is 1. The Kier molecular flexibility index (Phi) is 7.27. The van der Waals surface area contributed by atoms with Crippen molar-refractivity contribution in [3.63, 3.8) is 0 Å². The minimum Gasteiger partial charge on any atom is -0.457 e. The molecule has 2 aromatic carbocycles. The minimum absolute atomic E-state index is 0.0180. The fourth-order valence-corrected chi connectivity index (χ4v) is 4.96. The first-order valence-corrected chi connectivity index (χ1v) is 13.5. The van der Waals surface area contributed by atoms with Crippen LogP contribution < -0.4 is 20.4 Å². The third-order valence-electron chi connectivity index (χ3n) is 7.13. The predicted molar refractivity (Wildman–Crippen MR) is 157 cm³/mol. The zero-order chi connectivity index (χ0) is 28.2. The van der Waals surface area contributed by atoms with Crippen LogP contribution in [0.4, 0.5) is 11.6 Å². The highest BCUT2D eigenvalue weighted by Crippen LogP contribution is 2.34. The second-order valence-electron chi connectivity index (χ2n) is 9.90. The lowest BCUT2D eigenvalue weighted by Crippen LogP contribution is -2.32. The average molecular weight is 548 g/mol. The zero-order valence-corrected chi connectivity index (χ0v) is 22.7. The predicted octanol–water partition coefficient (Wildman–Crippen LogP) is 4.13. The highest BCUT2D eigenvalue weighted by molar-refractivity contribution is 5.97. The molecule has 0 saturated carbocycles. The molecule has 4 heterocycles. The first-order chi connectivity index (χ1) is 20.1. The maximum absolute atomic E-state index is 12.9. The number of aromatic nitrogens is 5.